The molecule has 2 heterocycles. The van der Waals surface area contributed by atoms with Crippen LogP contribution in [0.25, 0.3) is 0 Å². The Kier molecular flexibility index (Phi) is 4.75. The van der Waals surface area contributed by atoms with Crippen LogP contribution in [-0.4, -0.2) is 35.0 Å². The first-order valence-electron chi connectivity index (χ1n) is 7.80. The number of carbonyl (C=O) groups excluding carboxylic acids is 1. The number of hydrogen-bond acceptors (Lipinski definition) is 4. The molecular weight excluding hydrogens is 362 g/mol. The first-order chi connectivity index (χ1) is 11.8. The molecule has 1 aromatic rings. The van der Waals surface area contributed by atoms with Crippen molar-refractivity contribution in [2.24, 2.45) is 0 Å². The summed E-state index contributed by atoms with van der Waals surface area (Å²) in [4.78, 5) is 27.1. The van der Waals surface area contributed by atoms with Crippen molar-refractivity contribution in [3.8, 4) is 0 Å². The Morgan fingerprint density at radius 3 is 2.72 bits per heavy atom. The minimum Gasteiger partial charge on any atom is -0.496 e. The van der Waals surface area contributed by atoms with Gasteiger partial charge in [0.05, 0.1) is 30.2 Å². The van der Waals surface area contributed by atoms with Crippen LogP contribution in [-0.2, 0) is 9.53 Å². The molecule has 0 aromatic carbocycles. The molecule has 1 amide bonds. The summed E-state index contributed by atoms with van der Waals surface area (Å²) in [6, 6.07) is 1.55. The fourth-order valence-electron chi connectivity index (χ4n) is 3.38. The van der Waals surface area contributed by atoms with Crippen molar-refractivity contribution in [1.29, 1.82) is 0 Å². The van der Waals surface area contributed by atoms with Crippen LogP contribution < -0.4 is 0 Å². The van der Waals surface area contributed by atoms with Crippen LogP contribution in [0.4, 0.5) is 0 Å². The number of ether oxygens (including phenoxy) is 1. The van der Waals surface area contributed by atoms with Crippen molar-refractivity contribution in [2.75, 3.05) is 7.11 Å². The van der Waals surface area contributed by atoms with Gasteiger partial charge in [-0.2, -0.15) is 0 Å². The molecule has 1 atom stereocenters. The molecule has 3 rings (SSSR count). The fraction of sp³-hybridized carbons (Fsp3) is 0.333. The lowest BCUT2D eigenvalue weighted by Gasteiger charge is -2.29. The van der Waals surface area contributed by atoms with E-state index in [4.69, 9.17) is 16.3 Å². The second-order valence-corrected chi connectivity index (χ2v) is 7.50. The molecule has 0 fully saturated rings. The third-order valence-electron chi connectivity index (χ3n) is 4.49. The Morgan fingerprint density at radius 1 is 1.44 bits per heavy atom. The van der Waals surface area contributed by atoms with Crippen molar-refractivity contribution in [3.63, 3.8) is 0 Å². The number of methoxy groups -OCH3 is 1. The van der Waals surface area contributed by atoms with E-state index < -0.39 is 5.97 Å². The van der Waals surface area contributed by atoms with Gasteiger partial charge >= 0.3 is 5.97 Å². The molecule has 1 aliphatic heterocycles. The van der Waals surface area contributed by atoms with E-state index in [1.165, 1.54) is 18.4 Å². The molecule has 1 aromatic heterocycles. The predicted molar refractivity (Wildman–Crippen MR) is 96.6 cm³/mol. The van der Waals surface area contributed by atoms with Crippen LogP contribution in [0, 0.1) is 6.92 Å². The van der Waals surface area contributed by atoms with Crippen LogP contribution in [0.2, 0.25) is 0 Å². The number of carboxylic acid groups (broad SMARTS) is 1. The zero-order valence-corrected chi connectivity index (χ0v) is 15.7. The quantitative estimate of drug-likeness (QED) is 0.856. The highest BCUT2D eigenvalue weighted by Crippen LogP contribution is 2.45. The van der Waals surface area contributed by atoms with Gasteiger partial charge in [0, 0.05) is 21.5 Å². The smallest absolute Gasteiger partial charge is 0.307 e. The number of amides is 1. The molecule has 2 aliphatic rings. The van der Waals surface area contributed by atoms with E-state index in [1.807, 2.05) is 24.4 Å². The number of aryl methyl sites for hydroxylation is 1. The monoisotopic (exact) mass is 379 g/mol. The molecular formula is C18H18ClNO4S. The lowest BCUT2D eigenvalue weighted by atomic mass is 9.92. The first-order valence-corrected chi connectivity index (χ1v) is 9.05. The Hall–Kier alpha value is -2.05. The minimum atomic E-state index is -0.959. The zero-order chi connectivity index (χ0) is 18.3. The largest absolute Gasteiger partial charge is 0.496 e. The maximum Gasteiger partial charge on any atom is 0.307 e. The van der Waals surface area contributed by atoms with Crippen LogP contribution in [0.1, 0.15) is 35.0 Å². The van der Waals surface area contributed by atoms with Crippen LogP contribution in [0.5, 0.6) is 0 Å². The average Bonchev–Trinajstić information content (AvgIpc) is 3.10. The third kappa shape index (κ3) is 3.00. The first kappa shape index (κ1) is 17.8. The predicted octanol–water partition coefficient (Wildman–Crippen LogP) is 4.06. The topological polar surface area (TPSA) is 66.8 Å². The summed E-state index contributed by atoms with van der Waals surface area (Å²) < 4.78 is 5.28. The van der Waals surface area contributed by atoms with Gasteiger partial charge in [-0.25, -0.2) is 0 Å². The molecule has 7 heteroatoms. The van der Waals surface area contributed by atoms with Crippen LogP contribution in [0.15, 0.2) is 45.2 Å². The summed E-state index contributed by atoms with van der Waals surface area (Å²) in [5.74, 6) is -0.577. The second kappa shape index (κ2) is 6.69. The number of carbonyl (C=O) groups is 2. The SMILES string of the molecule is COC1=CCC2C(=C1Cl)C(CC(=O)O)=C(C)N2C(=O)c1csc(C)c1. The molecule has 0 saturated carbocycles. The number of thiophene rings is 1. The van der Waals surface area contributed by atoms with E-state index in [9.17, 15) is 14.7 Å². The van der Waals surface area contributed by atoms with Gasteiger partial charge in [0.25, 0.3) is 5.91 Å². The van der Waals surface area contributed by atoms with Crippen LogP contribution in [0.3, 0.4) is 0 Å². The standard InChI is InChI=1S/C18H18ClNO4S/c1-9-6-11(8-25-9)18(23)20-10(2)12(7-15(21)22)16-13(20)4-5-14(24-3)17(16)19/h5-6,8,13H,4,7H2,1-3H3,(H,21,22). The Balaban J connectivity index is 2.09. The maximum atomic E-state index is 13.0. The summed E-state index contributed by atoms with van der Waals surface area (Å²) in [7, 11) is 1.52. The fourth-order valence-corrected chi connectivity index (χ4v) is 4.45. The minimum absolute atomic E-state index is 0.136. The van der Waals surface area contributed by atoms with Gasteiger partial charge < -0.3 is 14.7 Å². The zero-order valence-electron chi connectivity index (χ0n) is 14.1. The van der Waals surface area contributed by atoms with E-state index in [1.54, 1.807) is 11.8 Å². The summed E-state index contributed by atoms with van der Waals surface area (Å²) in [5.41, 5.74) is 2.52. The van der Waals surface area contributed by atoms with Crippen molar-refractivity contribution in [3.05, 3.63) is 55.6 Å². The molecule has 1 aliphatic carbocycles. The lowest BCUT2D eigenvalue weighted by Crippen LogP contribution is -2.36. The molecule has 0 saturated heterocycles. The highest BCUT2D eigenvalue weighted by Gasteiger charge is 2.42. The lowest BCUT2D eigenvalue weighted by molar-refractivity contribution is -0.136. The summed E-state index contributed by atoms with van der Waals surface area (Å²) in [6.07, 6.45) is 2.19. The number of halogens is 1. The molecule has 0 radical (unpaired) electrons. The van der Waals surface area contributed by atoms with Gasteiger partial charge in [-0.05, 0) is 38.0 Å². The number of rotatable bonds is 4. The van der Waals surface area contributed by atoms with E-state index in [2.05, 4.69) is 0 Å². The van der Waals surface area contributed by atoms with Gasteiger partial charge in [-0.3, -0.25) is 9.59 Å². The van der Waals surface area contributed by atoms with Crippen LogP contribution >= 0.6 is 22.9 Å². The van der Waals surface area contributed by atoms with E-state index in [0.717, 1.165) is 4.88 Å². The second-order valence-electron chi connectivity index (χ2n) is 6.01. The number of carboxylic acids is 1. The van der Waals surface area contributed by atoms with Crippen molar-refractivity contribution < 1.29 is 19.4 Å². The molecule has 1 unspecified atom stereocenters. The Labute approximate surface area is 154 Å². The molecule has 0 bridgehead atoms. The van der Waals surface area contributed by atoms with Crippen molar-refractivity contribution in [1.82, 2.24) is 4.90 Å². The molecule has 0 spiro atoms. The van der Waals surface area contributed by atoms with Crippen molar-refractivity contribution >= 4 is 34.8 Å². The normalized spacial score (nSPS) is 19.9. The summed E-state index contributed by atoms with van der Waals surface area (Å²) >= 11 is 7.98. The Morgan fingerprint density at radius 2 is 2.16 bits per heavy atom. The number of nitrogens with zero attached hydrogens (tertiary/aromatic N) is 1. The highest BCUT2D eigenvalue weighted by molar-refractivity contribution is 7.10. The van der Waals surface area contributed by atoms with E-state index in [0.29, 0.717) is 39.6 Å². The van der Waals surface area contributed by atoms with Gasteiger partial charge in [0.2, 0.25) is 0 Å². The van der Waals surface area contributed by atoms with E-state index >= 15 is 0 Å². The summed E-state index contributed by atoms with van der Waals surface area (Å²) in [6.45, 7) is 3.72. The third-order valence-corrected chi connectivity index (χ3v) is 5.74. The van der Waals surface area contributed by atoms with Gasteiger partial charge in [0.15, 0.2) is 0 Å². The van der Waals surface area contributed by atoms with Gasteiger partial charge in [-0.1, -0.05) is 11.6 Å². The number of fused-ring (bicyclic) bond motifs is 1. The molecule has 25 heavy (non-hydrogen) atoms. The molecule has 5 nitrogen and oxygen atoms in total. The summed E-state index contributed by atoms with van der Waals surface area (Å²) in [5, 5.41) is 11.5. The number of hydrogen-bond donors (Lipinski definition) is 1. The highest BCUT2D eigenvalue weighted by atomic mass is 35.5. The molecule has 1 N–H and O–H groups in total. The average molecular weight is 380 g/mol. The van der Waals surface area contributed by atoms with E-state index in [-0.39, 0.29) is 18.4 Å². The Bertz CT molecular complexity index is 849. The van der Waals surface area contributed by atoms with Gasteiger partial charge in [0.1, 0.15) is 5.76 Å². The number of aliphatic carboxylic acids is 1. The maximum absolute atomic E-state index is 13.0. The molecule has 132 valence electrons. The van der Waals surface area contributed by atoms with Crippen molar-refractivity contribution in [2.45, 2.75) is 32.7 Å². The number of allylic oxidation sites excluding steroid dienone is 2. The van der Waals surface area contributed by atoms with Gasteiger partial charge in [-0.15, -0.1) is 11.3 Å².